The number of nitrogens with zero attached hydrogens (tertiary/aromatic N) is 1. The Hall–Kier alpha value is -1.26. The molecule has 3 amide bonds. The molecule has 0 unspecified atom stereocenters. The normalized spacial score (nSPS) is 24.1. The van der Waals surface area contributed by atoms with E-state index in [0.717, 1.165) is 4.90 Å². The first-order chi connectivity index (χ1) is 7.86. The van der Waals surface area contributed by atoms with Gasteiger partial charge in [0.15, 0.2) is 0 Å². The Morgan fingerprint density at radius 3 is 2.41 bits per heavy atom. The minimum Gasteiger partial charge on any atom is -0.319 e. The summed E-state index contributed by atoms with van der Waals surface area (Å²) < 4.78 is 0. The van der Waals surface area contributed by atoms with E-state index in [1.807, 2.05) is 0 Å². The smallest absolute Gasteiger partial charge is 0.319 e. The first-order valence-corrected chi connectivity index (χ1v) is 5.67. The predicted octanol–water partition coefficient (Wildman–Crippen LogP) is 2.39. The molecule has 1 atom stereocenters. The summed E-state index contributed by atoms with van der Waals surface area (Å²) in [5, 5.41) is 3.45. The van der Waals surface area contributed by atoms with Gasteiger partial charge in [0.05, 0.1) is 0 Å². The molecule has 1 heterocycles. The van der Waals surface area contributed by atoms with E-state index in [-0.39, 0.29) is 5.91 Å². The zero-order chi connectivity index (χ0) is 12.8. The van der Waals surface area contributed by atoms with Gasteiger partial charge in [-0.05, 0) is 19.1 Å². The standard InChI is InChI=1S/C11H10Cl2N2O2/c1-11(9(16)15(2)10(17)14-11)7-4-3-6(12)5-8(7)13/h3-5H,1-2H3,(H,14,17)/t11-/m0/s1. The van der Waals surface area contributed by atoms with Crippen LogP contribution in [0.25, 0.3) is 0 Å². The fourth-order valence-electron chi connectivity index (χ4n) is 1.86. The van der Waals surface area contributed by atoms with Crippen molar-refractivity contribution in [3.05, 3.63) is 33.8 Å². The van der Waals surface area contributed by atoms with E-state index in [2.05, 4.69) is 5.32 Å². The molecule has 1 N–H and O–H groups in total. The molecule has 2 rings (SSSR count). The summed E-state index contributed by atoms with van der Waals surface area (Å²) in [5.41, 5.74) is -0.598. The number of halogens is 2. The van der Waals surface area contributed by atoms with Crippen molar-refractivity contribution in [2.75, 3.05) is 7.05 Å². The van der Waals surface area contributed by atoms with Gasteiger partial charge in [-0.25, -0.2) is 4.79 Å². The maximum atomic E-state index is 12.0. The van der Waals surface area contributed by atoms with Crippen LogP contribution in [-0.4, -0.2) is 23.9 Å². The molecule has 1 fully saturated rings. The zero-order valence-electron chi connectivity index (χ0n) is 9.25. The van der Waals surface area contributed by atoms with Crippen molar-refractivity contribution in [3.8, 4) is 0 Å². The second-order valence-electron chi connectivity index (χ2n) is 4.04. The molecular weight excluding hydrogens is 263 g/mol. The Bertz CT molecular complexity index is 518. The van der Waals surface area contributed by atoms with E-state index in [0.29, 0.717) is 15.6 Å². The third kappa shape index (κ3) is 1.77. The molecule has 4 nitrogen and oxygen atoms in total. The largest absolute Gasteiger partial charge is 0.325 e. The van der Waals surface area contributed by atoms with Crippen LogP contribution in [0.1, 0.15) is 12.5 Å². The lowest BCUT2D eigenvalue weighted by atomic mass is 9.92. The van der Waals surface area contributed by atoms with E-state index in [9.17, 15) is 9.59 Å². The average molecular weight is 273 g/mol. The van der Waals surface area contributed by atoms with E-state index in [1.165, 1.54) is 7.05 Å². The number of urea groups is 1. The number of benzene rings is 1. The predicted molar refractivity (Wildman–Crippen MR) is 65.1 cm³/mol. The summed E-state index contributed by atoms with van der Waals surface area (Å²) in [5.74, 6) is -0.341. The minimum absolute atomic E-state index is 0.341. The van der Waals surface area contributed by atoms with Crippen LogP contribution in [0.5, 0.6) is 0 Å². The number of rotatable bonds is 1. The molecule has 0 aromatic heterocycles. The van der Waals surface area contributed by atoms with E-state index >= 15 is 0 Å². The van der Waals surface area contributed by atoms with Gasteiger partial charge in [-0.15, -0.1) is 0 Å². The van der Waals surface area contributed by atoms with Crippen LogP contribution in [0, 0.1) is 0 Å². The third-order valence-electron chi connectivity index (χ3n) is 2.86. The highest BCUT2D eigenvalue weighted by Gasteiger charge is 2.48. The number of hydrogen-bond acceptors (Lipinski definition) is 2. The number of carbonyl (C=O) groups is 2. The Morgan fingerprint density at radius 2 is 1.94 bits per heavy atom. The fourth-order valence-corrected chi connectivity index (χ4v) is 2.45. The van der Waals surface area contributed by atoms with Crippen molar-refractivity contribution in [2.24, 2.45) is 0 Å². The Labute approximate surface area is 108 Å². The quantitative estimate of drug-likeness (QED) is 0.799. The molecule has 0 saturated carbocycles. The molecule has 1 aliphatic rings. The number of nitrogens with one attached hydrogen (secondary N) is 1. The Morgan fingerprint density at radius 1 is 1.29 bits per heavy atom. The highest BCUT2D eigenvalue weighted by Crippen LogP contribution is 2.34. The summed E-state index contributed by atoms with van der Waals surface area (Å²) in [4.78, 5) is 24.5. The van der Waals surface area contributed by atoms with Gasteiger partial charge in [0.2, 0.25) is 0 Å². The van der Waals surface area contributed by atoms with E-state index in [4.69, 9.17) is 23.2 Å². The number of likely N-dealkylation sites (N-methyl/N-ethyl adjacent to an activating group) is 1. The topological polar surface area (TPSA) is 49.4 Å². The minimum atomic E-state index is -1.13. The van der Waals surface area contributed by atoms with Gasteiger partial charge < -0.3 is 5.32 Å². The summed E-state index contributed by atoms with van der Waals surface area (Å²) >= 11 is 11.8. The van der Waals surface area contributed by atoms with Gasteiger partial charge in [-0.2, -0.15) is 0 Å². The van der Waals surface area contributed by atoms with Gasteiger partial charge >= 0.3 is 6.03 Å². The van der Waals surface area contributed by atoms with Crippen LogP contribution in [-0.2, 0) is 10.3 Å². The monoisotopic (exact) mass is 272 g/mol. The van der Waals surface area contributed by atoms with Crippen molar-refractivity contribution in [1.29, 1.82) is 0 Å². The summed E-state index contributed by atoms with van der Waals surface area (Å²) in [6, 6.07) is 4.37. The van der Waals surface area contributed by atoms with E-state index in [1.54, 1.807) is 25.1 Å². The number of hydrogen-bond donors (Lipinski definition) is 1. The molecule has 1 saturated heterocycles. The lowest BCUT2D eigenvalue weighted by Gasteiger charge is -2.22. The van der Waals surface area contributed by atoms with Gasteiger partial charge in [0.1, 0.15) is 5.54 Å². The second-order valence-corrected chi connectivity index (χ2v) is 4.89. The summed E-state index contributed by atoms with van der Waals surface area (Å²) in [6.45, 7) is 1.62. The maximum absolute atomic E-state index is 12.0. The number of carbonyl (C=O) groups excluding carboxylic acids is 2. The molecule has 1 aromatic rings. The Balaban J connectivity index is 2.53. The molecule has 17 heavy (non-hydrogen) atoms. The molecule has 1 aromatic carbocycles. The van der Waals surface area contributed by atoms with Crippen LogP contribution in [0.4, 0.5) is 4.79 Å². The SMILES string of the molecule is CN1C(=O)N[C@@](C)(c2ccc(Cl)cc2Cl)C1=O. The van der Waals surface area contributed by atoms with Gasteiger partial charge in [0, 0.05) is 22.7 Å². The molecule has 1 aliphatic heterocycles. The highest BCUT2D eigenvalue weighted by atomic mass is 35.5. The molecule has 0 spiro atoms. The van der Waals surface area contributed by atoms with Crippen molar-refractivity contribution in [1.82, 2.24) is 10.2 Å². The molecule has 90 valence electrons. The van der Waals surface area contributed by atoms with E-state index < -0.39 is 11.6 Å². The Kier molecular flexibility index (Phi) is 2.79. The number of imide groups is 1. The van der Waals surface area contributed by atoms with Crippen molar-refractivity contribution < 1.29 is 9.59 Å². The zero-order valence-corrected chi connectivity index (χ0v) is 10.8. The lowest BCUT2D eigenvalue weighted by molar-refractivity contribution is -0.130. The maximum Gasteiger partial charge on any atom is 0.325 e. The molecule has 0 aliphatic carbocycles. The molecule has 0 radical (unpaired) electrons. The van der Waals surface area contributed by atoms with Crippen LogP contribution < -0.4 is 5.32 Å². The first kappa shape index (κ1) is 12.2. The van der Waals surface area contributed by atoms with Crippen LogP contribution in [0.2, 0.25) is 10.0 Å². The molecule has 6 heteroatoms. The lowest BCUT2D eigenvalue weighted by Crippen LogP contribution is -2.40. The van der Waals surface area contributed by atoms with Crippen molar-refractivity contribution >= 4 is 35.1 Å². The highest BCUT2D eigenvalue weighted by molar-refractivity contribution is 6.35. The molecular formula is C11H10Cl2N2O2. The number of amides is 3. The fraction of sp³-hybridized carbons (Fsp3) is 0.273. The first-order valence-electron chi connectivity index (χ1n) is 4.92. The van der Waals surface area contributed by atoms with Crippen LogP contribution in [0.15, 0.2) is 18.2 Å². The second kappa shape index (κ2) is 3.89. The van der Waals surface area contributed by atoms with Gasteiger partial charge in [0.25, 0.3) is 5.91 Å². The van der Waals surface area contributed by atoms with Crippen molar-refractivity contribution in [2.45, 2.75) is 12.5 Å². The summed E-state index contributed by atoms with van der Waals surface area (Å²) in [6.07, 6.45) is 0. The molecule has 0 bridgehead atoms. The van der Waals surface area contributed by atoms with Crippen LogP contribution >= 0.6 is 23.2 Å². The van der Waals surface area contributed by atoms with Gasteiger partial charge in [-0.1, -0.05) is 29.3 Å². The average Bonchev–Trinajstić information content (AvgIpc) is 2.43. The van der Waals surface area contributed by atoms with Crippen LogP contribution in [0.3, 0.4) is 0 Å². The summed E-state index contributed by atoms with van der Waals surface area (Å²) in [7, 11) is 1.42. The van der Waals surface area contributed by atoms with Gasteiger partial charge in [-0.3, -0.25) is 9.69 Å². The third-order valence-corrected chi connectivity index (χ3v) is 3.41. The van der Waals surface area contributed by atoms with Crippen molar-refractivity contribution in [3.63, 3.8) is 0 Å².